The van der Waals surface area contributed by atoms with Crippen molar-refractivity contribution < 1.29 is 4.39 Å². The second-order valence-corrected chi connectivity index (χ2v) is 5.32. The average molecular weight is 275 g/mol. The SMILES string of the molecule is CSc1c(F)cc(C2CCC2)cc1Br. The van der Waals surface area contributed by atoms with Gasteiger partial charge in [-0.15, -0.1) is 11.8 Å². The van der Waals surface area contributed by atoms with Crippen molar-refractivity contribution in [2.75, 3.05) is 6.26 Å². The standard InChI is InChI=1S/C11H12BrFS/c1-14-11-9(12)5-8(6-10(11)13)7-3-2-4-7/h5-7H,2-4H2,1H3. The van der Waals surface area contributed by atoms with E-state index in [4.69, 9.17) is 0 Å². The number of rotatable bonds is 2. The molecule has 76 valence electrons. The van der Waals surface area contributed by atoms with Crippen LogP contribution in [0.2, 0.25) is 0 Å². The maximum absolute atomic E-state index is 13.6. The molecule has 0 aromatic heterocycles. The van der Waals surface area contributed by atoms with E-state index < -0.39 is 0 Å². The smallest absolute Gasteiger partial charge is 0.138 e. The molecule has 1 aromatic rings. The minimum atomic E-state index is -0.0891. The van der Waals surface area contributed by atoms with Crippen LogP contribution in [-0.4, -0.2) is 6.26 Å². The first-order valence-corrected chi connectivity index (χ1v) is 6.77. The van der Waals surface area contributed by atoms with Gasteiger partial charge in [-0.2, -0.15) is 0 Å². The quantitative estimate of drug-likeness (QED) is 0.712. The first-order valence-electron chi connectivity index (χ1n) is 4.75. The summed E-state index contributed by atoms with van der Waals surface area (Å²) in [6.45, 7) is 0. The van der Waals surface area contributed by atoms with Crippen LogP contribution in [0, 0.1) is 5.82 Å². The predicted molar refractivity (Wildman–Crippen MR) is 62.5 cm³/mol. The highest BCUT2D eigenvalue weighted by Crippen LogP contribution is 2.39. The summed E-state index contributed by atoms with van der Waals surface area (Å²) in [5.41, 5.74) is 1.15. The molecule has 1 saturated carbocycles. The molecular formula is C11H12BrFS. The molecule has 0 nitrogen and oxygen atoms in total. The maximum Gasteiger partial charge on any atom is 0.138 e. The van der Waals surface area contributed by atoms with Crippen molar-refractivity contribution >= 4 is 27.7 Å². The van der Waals surface area contributed by atoms with Crippen LogP contribution in [0.15, 0.2) is 21.5 Å². The molecule has 0 amide bonds. The monoisotopic (exact) mass is 274 g/mol. The Hall–Kier alpha value is -0.0200. The summed E-state index contributed by atoms with van der Waals surface area (Å²) in [5.74, 6) is 0.505. The van der Waals surface area contributed by atoms with E-state index in [1.165, 1.54) is 31.0 Å². The minimum Gasteiger partial charge on any atom is -0.206 e. The van der Waals surface area contributed by atoms with Gasteiger partial charge in [-0.25, -0.2) is 4.39 Å². The lowest BCUT2D eigenvalue weighted by Crippen LogP contribution is -2.09. The highest BCUT2D eigenvalue weighted by Gasteiger charge is 2.21. The van der Waals surface area contributed by atoms with Crippen molar-refractivity contribution in [3.8, 4) is 0 Å². The van der Waals surface area contributed by atoms with Gasteiger partial charge in [0.25, 0.3) is 0 Å². The van der Waals surface area contributed by atoms with Crippen molar-refractivity contribution in [2.24, 2.45) is 0 Å². The van der Waals surface area contributed by atoms with Gasteiger partial charge in [0.1, 0.15) is 5.82 Å². The lowest BCUT2D eigenvalue weighted by molar-refractivity contribution is 0.417. The Morgan fingerprint density at radius 3 is 2.57 bits per heavy atom. The molecule has 1 fully saturated rings. The second-order valence-electron chi connectivity index (χ2n) is 3.65. The van der Waals surface area contributed by atoms with E-state index in [-0.39, 0.29) is 5.82 Å². The number of halogens is 2. The molecule has 0 radical (unpaired) electrons. The van der Waals surface area contributed by atoms with Gasteiger partial charge in [0, 0.05) is 4.47 Å². The Balaban J connectivity index is 2.35. The van der Waals surface area contributed by atoms with Crippen molar-refractivity contribution in [1.82, 2.24) is 0 Å². The van der Waals surface area contributed by atoms with E-state index in [1.807, 2.05) is 6.26 Å². The molecule has 0 N–H and O–H groups in total. The third-order valence-corrected chi connectivity index (χ3v) is 4.51. The van der Waals surface area contributed by atoms with E-state index >= 15 is 0 Å². The van der Waals surface area contributed by atoms with Gasteiger partial charge in [0.2, 0.25) is 0 Å². The van der Waals surface area contributed by atoms with Gasteiger partial charge in [0.05, 0.1) is 4.90 Å². The largest absolute Gasteiger partial charge is 0.206 e. The lowest BCUT2D eigenvalue weighted by atomic mass is 9.80. The zero-order chi connectivity index (χ0) is 10.1. The first kappa shape index (κ1) is 10.5. The zero-order valence-corrected chi connectivity index (χ0v) is 10.4. The summed E-state index contributed by atoms with van der Waals surface area (Å²) < 4.78 is 14.5. The molecule has 0 unspecified atom stereocenters. The van der Waals surface area contributed by atoms with E-state index in [9.17, 15) is 4.39 Å². The third kappa shape index (κ3) is 1.84. The molecule has 2 rings (SSSR count). The van der Waals surface area contributed by atoms with Gasteiger partial charge in [-0.3, -0.25) is 0 Å². The molecular weight excluding hydrogens is 263 g/mol. The van der Waals surface area contributed by atoms with Gasteiger partial charge in [-0.1, -0.05) is 6.42 Å². The molecule has 1 aliphatic carbocycles. The fourth-order valence-corrected chi connectivity index (χ4v) is 3.20. The van der Waals surface area contributed by atoms with Gasteiger partial charge in [0.15, 0.2) is 0 Å². The van der Waals surface area contributed by atoms with Crippen molar-refractivity contribution in [3.63, 3.8) is 0 Å². The van der Waals surface area contributed by atoms with Crippen LogP contribution in [0.4, 0.5) is 4.39 Å². The van der Waals surface area contributed by atoms with Gasteiger partial charge >= 0.3 is 0 Å². The van der Waals surface area contributed by atoms with Crippen LogP contribution >= 0.6 is 27.7 Å². The Bertz CT molecular complexity index is 324. The average Bonchev–Trinajstić information content (AvgIpc) is 2.00. The molecule has 0 saturated heterocycles. The number of benzene rings is 1. The van der Waals surface area contributed by atoms with Crippen molar-refractivity contribution in [2.45, 2.75) is 30.1 Å². The van der Waals surface area contributed by atoms with E-state index in [2.05, 4.69) is 22.0 Å². The molecule has 0 atom stereocenters. The van der Waals surface area contributed by atoms with Crippen molar-refractivity contribution in [3.05, 3.63) is 28.0 Å². The normalized spacial score (nSPS) is 16.8. The summed E-state index contributed by atoms with van der Waals surface area (Å²) in [6, 6.07) is 3.76. The maximum atomic E-state index is 13.6. The Labute approximate surface area is 96.4 Å². The predicted octanol–water partition coefficient (Wildman–Crippen LogP) is 4.58. The zero-order valence-electron chi connectivity index (χ0n) is 8.02. The molecule has 0 aliphatic heterocycles. The number of hydrogen-bond acceptors (Lipinski definition) is 1. The summed E-state index contributed by atoms with van der Waals surface area (Å²) >= 11 is 4.87. The van der Waals surface area contributed by atoms with E-state index in [1.54, 1.807) is 6.07 Å². The summed E-state index contributed by atoms with van der Waals surface area (Å²) in [4.78, 5) is 0.716. The van der Waals surface area contributed by atoms with E-state index in [0.29, 0.717) is 10.8 Å². The topological polar surface area (TPSA) is 0 Å². The van der Waals surface area contributed by atoms with Gasteiger partial charge < -0.3 is 0 Å². The molecule has 1 aliphatic rings. The third-order valence-electron chi connectivity index (χ3n) is 2.80. The van der Waals surface area contributed by atoms with Crippen LogP contribution in [0.1, 0.15) is 30.7 Å². The highest BCUT2D eigenvalue weighted by atomic mass is 79.9. The van der Waals surface area contributed by atoms with Crippen LogP contribution < -0.4 is 0 Å². The lowest BCUT2D eigenvalue weighted by Gasteiger charge is -2.26. The highest BCUT2D eigenvalue weighted by molar-refractivity contribution is 9.10. The van der Waals surface area contributed by atoms with E-state index in [0.717, 1.165) is 10.0 Å². The molecule has 1 aromatic carbocycles. The fraction of sp³-hybridized carbons (Fsp3) is 0.455. The Morgan fingerprint density at radius 2 is 2.14 bits per heavy atom. The van der Waals surface area contributed by atoms with Gasteiger partial charge in [-0.05, 0) is 58.6 Å². The molecule has 3 heteroatoms. The van der Waals surface area contributed by atoms with Crippen LogP contribution in [0.3, 0.4) is 0 Å². The fourth-order valence-electron chi connectivity index (χ4n) is 1.75. The second kappa shape index (κ2) is 4.23. The summed E-state index contributed by atoms with van der Waals surface area (Å²) in [7, 11) is 0. The minimum absolute atomic E-state index is 0.0891. The molecule has 0 bridgehead atoms. The number of hydrogen-bond donors (Lipinski definition) is 0. The summed E-state index contributed by atoms with van der Waals surface area (Å²) in [6.07, 6.45) is 5.61. The molecule has 14 heavy (non-hydrogen) atoms. The van der Waals surface area contributed by atoms with Crippen LogP contribution in [-0.2, 0) is 0 Å². The Morgan fingerprint density at radius 1 is 1.43 bits per heavy atom. The van der Waals surface area contributed by atoms with Crippen molar-refractivity contribution in [1.29, 1.82) is 0 Å². The first-order chi connectivity index (χ1) is 6.72. The molecule has 0 heterocycles. The number of thioether (sulfide) groups is 1. The molecule has 0 spiro atoms. The Kier molecular flexibility index (Phi) is 3.17. The van der Waals surface area contributed by atoms with Crippen LogP contribution in [0.25, 0.3) is 0 Å². The summed E-state index contributed by atoms with van der Waals surface area (Å²) in [5, 5.41) is 0. The van der Waals surface area contributed by atoms with Crippen LogP contribution in [0.5, 0.6) is 0 Å².